The standard InChI is InChI=1S/C16H29F3N4O2S/c1-20-15(23-14-7-3-6-13(10-14)16(17,18)19)21-8-9-26(24,25)22-11-12-4-2-5-12/h12-14,22H,2-11H2,1H3,(H2,20,21,23). The minimum absolute atomic E-state index is 0.0193. The third-order valence-electron chi connectivity index (χ3n) is 5.18. The molecule has 2 aliphatic rings. The summed E-state index contributed by atoms with van der Waals surface area (Å²) in [5, 5.41) is 5.87. The maximum absolute atomic E-state index is 12.9. The van der Waals surface area contributed by atoms with E-state index >= 15 is 0 Å². The molecule has 2 rings (SSSR count). The molecular formula is C16H29F3N4O2S. The lowest BCUT2D eigenvalue weighted by Gasteiger charge is -2.31. The molecule has 0 aromatic rings. The molecule has 0 amide bonds. The average Bonchev–Trinajstić information content (AvgIpc) is 2.51. The number of nitrogens with one attached hydrogen (secondary N) is 3. The highest BCUT2D eigenvalue weighted by molar-refractivity contribution is 7.89. The Balaban J connectivity index is 1.71. The van der Waals surface area contributed by atoms with Crippen LogP contribution in [-0.2, 0) is 10.0 Å². The maximum atomic E-state index is 12.9. The van der Waals surface area contributed by atoms with Gasteiger partial charge in [0.05, 0.1) is 11.7 Å². The molecule has 0 spiro atoms. The molecule has 2 atom stereocenters. The second kappa shape index (κ2) is 9.25. The van der Waals surface area contributed by atoms with Crippen LogP contribution in [0.1, 0.15) is 44.9 Å². The predicted molar refractivity (Wildman–Crippen MR) is 95.4 cm³/mol. The number of rotatable bonds is 7. The van der Waals surface area contributed by atoms with E-state index in [-0.39, 0.29) is 31.2 Å². The number of aliphatic imine (C=N–C) groups is 1. The zero-order valence-corrected chi connectivity index (χ0v) is 15.9. The highest BCUT2D eigenvalue weighted by atomic mass is 32.2. The van der Waals surface area contributed by atoms with E-state index in [2.05, 4.69) is 20.3 Å². The summed E-state index contributed by atoms with van der Waals surface area (Å²) in [7, 11) is -1.85. The molecule has 2 fully saturated rings. The van der Waals surface area contributed by atoms with Crippen LogP contribution >= 0.6 is 0 Å². The van der Waals surface area contributed by atoms with E-state index in [1.54, 1.807) is 0 Å². The molecule has 0 heterocycles. The van der Waals surface area contributed by atoms with Crippen molar-refractivity contribution in [3.63, 3.8) is 0 Å². The van der Waals surface area contributed by atoms with Gasteiger partial charge < -0.3 is 10.6 Å². The highest BCUT2D eigenvalue weighted by Gasteiger charge is 2.42. The van der Waals surface area contributed by atoms with E-state index in [1.807, 2.05) is 0 Å². The van der Waals surface area contributed by atoms with Gasteiger partial charge in [0.15, 0.2) is 5.96 Å². The first-order valence-corrected chi connectivity index (χ1v) is 10.9. The van der Waals surface area contributed by atoms with Gasteiger partial charge in [-0.05, 0) is 38.0 Å². The highest BCUT2D eigenvalue weighted by Crippen LogP contribution is 2.37. The quantitative estimate of drug-likeness (QED) is 0.452. The van der Waals surface area contributed by atoms with Gasteiger partial charge in [0, 0.05) is 26.2 Å². The lowest BCUT2D eigenvalue weighted by atomic mass is 9.85. The van der Waals surface area contributed by atoms with Crippen molar-refractivity contribution in [2.75, 3.05) is 25.9 Å². The SMILES string of the molecule is CN=C(NCCS(=O)(=O)NCC1CCC1)NC1CCCC(C(F)(F)F)C1. The summed E-state index contributed by atoms with van der Waals surface area (Å²) in [4.78, 5) is 3.98. The van der Waals surface area contributed by atoms with E-state index in [0.717, 1.165) is 19.3 Å². The Bertz CT molecular complexity index is 577. The minimum Gasteiger partial charge on any atom is -0.355 e. The van der Waals surface area contributed by atoms with Gasteiger partial charge >= 0.3 is 6.18 Å². The number of guanidine groups is 1. The van der Waals surface area contributed by atoms with E-state index in [4.69, 9.17) is 0 Å². The Morgan fingerprint density at radius 3 is 2.42 bits per heavy atom. The molecule has 10 heteroatoms. The average molecular weight is 398 g/mol. The predicted octanol–water partition coefficient (Wildman–Crippen LogP) is 1.99. The number of sulfonamides is 1. The van der Waals surface area contributed by atoms with Crippen molar-refractivity contribution in [2.24, 2.45) is 16.8 Å². The molecule has 26 heavy (non-hydrogen) atoms. The molecular weight excluding hydrogens is 369 g/mol. The zero-order valence-electron chi connectivity index (χ0n) is 15.1. The topological polar surface area (TPSA) is 82.6 Å². The number of hydrogen-bond acceptors (Lipinski definition) is 3. The van der Waals surface area contributed by atoms with Crippen LogP contribution in [0, 0.1) is 11.8 Å². The van der Waals surface area contributed by atoms with Crippen LogP contribution < -0.4 is 15.4 Å². The summed E-state index contributed by atoms with van der Waals surface area (Å²) < 4.78 is 65.1. The molecule has 2 unspecified atom stereocenters. The summed E-state index contributed by atoms with van der Waals surface area (Å²) in [6, 6.07) is -0.310. The lowest BCUT2D eigenvalue weighted by molar-refractivity contribution is -0.183. The summed E-state index contributed by atoms with van der Waals surface area (Å²) in [6.45, 7) is 0.630. The first kappa shape index (κ1) is 21.3. The van der Waals surface area contributed by atoms with Crippen molar-refractivity contribution >= 4 is 16.0 Å². The van der Waals surface area contributed by atoms with E-state index in [1.165, 1.54) is 7.05 Å². The largest absolute Gasteiger partial charge is 0.391 e. The molecule has 6 nitrogen and oxygen atoms in total. The number of hydrogen-bond donors (Lipinski definition) is 3. The summed E-state index contributed by atoms with van der Waals surface area (Å²) >= 11 is 0. The van der Waals surface area contributed by atoms with Crippen LogP contribution in [-0.4, -0.2) is 52.5 Å². The maximum Gasteiger partial charge on any atom is 0.391 e. The molecule has 0 radical (unpaired) electrons. The number of nitrogens with zero attached hydrogens (tertiary/aromatic N) is 1. The Morgan fingerprint density at radius 2 is 1.85 bits per heavy atom. The van der Waals surface area contributed by atoms with Gasteiger partial charge in [-0.2, -0.15) is 13.2 Å². The van der Waals surface area contributed by atoms with Gasteiger partial charge in [-0.15, -0.1) is 0 Å². The van der Waals surface area contributed by atoms with Crippen molar-refractivity contribution < 1.29 is 21.6 Å². The minimum atomic E-state index is -4.17. The van der Waals surface area contributed by atoms with Crippen LogP contribution in [0.5, 0.6) is 0 Å². The molecule has 0 bridgehead atoms. The van der Waals surface area contributed by atoms with Gasteiger partial charge in [0.2, 0.25) is 10.0 Å². The molecule has 0 aliphatic heterocycles. The van der Waals surface area contributed by atoms with Crippen LogP contribution in [0.15, 0.2) is 4.99 Å². The van der Waals surface area contributed by atoms with Crippen LogP contribution in [0.3, 0.4) is 0 Å². The van der Waals surface area contributed by atoms with Gasteiger partial charge in [-0.3, -0.25) is 4.99 Å². The lowest BCUT2D eigenvalue weighted by Crippen LogP contribution is -2.48. The Morgan fingerprint density at radius 1 is 1.15 bits per heavy atom. The third-order valence-corrected chi connectivity index (χ3v) is 6.53. The smallest absolute Gasteiger partial charge is 0.355 e. The molecule has 0 aromatic heterocycles. The van der Waals surface area contributed by atoms with Gasteiger partial charge in [-0.25, -0.2) is 13.1 Å². The zero-order chi connectivity index (χ0) is 19.2. The molecule has 0 aromatic carbocycles. The Kier molecular flexibility index (Phi) is 7.57. The van der Waals surface area contributed by atoms with Crippen molar-refractivity contribution in [1.82, 2.24) is 15.4 Å². The first-order chi connectivity index (χ1) is 12.2. The molecule has 2 aliphatic carbocycles. The molecule has 2 saturated carbocycles. The fourth-order valence-electron chi connectivity index (χ4n) is 3.32. The second-order valence-corrected chi connectivity index (χ2v) is 9.14. The number of alkyl halides is 3. The van der Waals surface area contributed by atoms with E-state index < -0.39 is 22.1 Å². The van der Waals surface area contributed by atoms with Crippen LogP contribution in [0.4, 0.5) is 13.2 Å². The third kappa shape index (κ3) is 6.94. The normalized spacial score (nSPS) is 25.6. The summed E-state index contributed by atoms with van der Waals surface area (Å²) in [6.07, 6.45) is 0.468. The summed E-state index contributed by atoms with van der Waals surface area (Å²) in [5.41, 5.74) is 0. The van der Waals surface area contributed by atoms with E-state index in [0.29, 0.717) is 31.3 Å². The fourth-order valence-corrected chi connectivity index (χ4v) is 4.33. The van der Waals surface area contributed by atoms with Crippen LogP contribution in [0.25, 0.3) is 0 Å². The van der Waals surface area contributed by atoms with Crippen molar-refractivity contribution in [2.45, 2.75) is 57.2 Å². The number of halogens is 3. The van der Waals surface area contributed by atoms with Crippen LogP contribution in [0.2, 0.25) is 0 Å². The Hall–Kier alpha value is -1.03. The fraction of sp³-hybridized carbons (Fsp3) is 0.938. The van der Waals surface area contributed by atoms with Gasteiger partial charge in [0.1, 0.15) is 0 Å². The van der Waals surface area contributed by atoms with Crippen molar-refractivity contribution in [1.29, 1.82) is 0 Å². The second-order valence-electron chi connectivity index (χ2n) is 7.21. The molecule has 0 saturated heterocycles. The summed E-state index contributed by atoms with van der Waals surface area (Å²) in [5.74, 6) is -0.606. The van der Waals surface area contributed by atoms with E-state index in [9.17, 15) is 21.6 Å². The Labute approximate surface area is 153 Å². The van der Waals surface area contributed by atoms with Crippen molar-refractivity contribution in [3.8, 4) is 0 Å². The monoisotopic (exact) mass is 398 g/mol. The van der Waals surface area contributed by atoms with Crippen molar-refractivity contribution in [3.05, 3.63) is 0 Å². The molecule has 152 valence electrons. The van der Waals surface area contributed by atoms with Gasteiger partial charge in [-0.1, -0.05) is 12.8 Å². The van der Waals surface area contributed by atoms with Gasteiger partial charge in [0.25, 0.3) is 0 Å². The first-order valence-electron chi connectivity index (χ1n) is 9.21. The molecule has 3 N–H and O–H groups in total.